The van der Waals surface area contributed by atoms with Crippen LogP contribution in [0.1, 0.15) is 26.3 Å². The molecule has 1 aromatic heterocycles. The lowest BCUT2D eigenvalue weighted by Crippen LogP contribution is -2.45. The van der Waals surface area contributed by atoms with Crippen molar-refractivity contribution >= 4 is 29.5 Å². The zero-order chi connectivity index (χ0) is 20.0. The SMILES string of the molecule is COC(=O)[C@H](Cc1cc(Cl)cnc1N1CCOCC1)NC(=O)OC(C)(C)C. The average Bonchev–Trinajstić information content (AvgIpc) is 2.59. The maximum Gasteiger partial charge on any atom is 0.408 e. The fraction of sp³-hybridized carbons (Fsp3) is 0.611. The molecule has 1 aromatic rings. The fourth-order valence-electron chi connectivity index (χ4n) is 2.69. The first-order chi connectivity index (χ1) is 12.7. The molecule has 2 heterocycles. The molecule has 0 radical (unpaired) electrons. The monoisotopic (exact) mass is 399 g/mol. The van der Waals surface area contributed by atoms with Crippen molar-refractivity contribution in [2.75, 3.05) is 38.3 Å². The van der Waals surface area contributed by atoms with Gasteiger partial charge in [-0.25, -0.2) is 14.6 Å². The number of esters is 1. The van der Waals surface area contributed by atoms with Crippen LogP contribution in [0.15, 0.2) is 12.3 Å². The van der Waals surface area contributed by atoms with E-state index >= 15 is 0 Å². The minimum Gasteiger partial charge on any atom is -0.467 e. The van der Waals surface area contributed by atoms with Crippen molar-refractivity contribution in [2.45, 2.75) is 38.8 Å². The number of alkyl carbamates (subject to hydrolysis) is 1. The smallest absolute Gasteiger partial charge is 0.408 e. The molecule has 0 saturated carbocycles. The predicted molar refractivity (Wildman–Crippen MR) is 101 cm³/mol. The number of anilines is 1. The Labute approximate surface area is 164 Å². The molecule has 0 aliphatic carbocycles. The van der Waals surface area contributed by atoms with Gasteiger partial charge in [0.2, 0.25) is 0 Å². The molecule has 1 N–H and O–H groups in total. The number of nitrogens with zero attached hydrogens (tertiary/aromatic N) is 2. The van der Waals surface area contributed by atoms with E-state index in [0.29, 0.717) is 37.1 Å². The van der Waals surface area contributed by atoms with E-state index in [-0.39, 0.29) is 6.42 Å². The third-order valence-corrected chi connectivity index (χ3v) is 4.03. The highest BCUT2D eigenvalue weighted by atomic mass is 35.5. The summed E-state index contributed by atoms with van der Waals surface area (Å²) in [5, 5.41) is 3.02. The lowest BCUT2D eigenvalue weighted by atomic mass is 10.1. The molecule has 0 unspecified atom stereocenters. The van der Waals surface area contributed by atoms with E-state index in [0.717, 1.165) is 5.56 Å². The summed E-state index contributed by atoms with van der Waals surface area (Å²) in [6.45, 7) is 7.81. The molecule has 27 heavy (non-hydrogen) atoms. The molecule has 1 atom stereocenters. The quantitative estimate of drug-likeness (QED) is 0.759. The lowest BCUT2D eigenvalue weighted by Gasteiger charge is -2.30. The number of pyridine rings is 1. The van der Waals surface area contributed by atoms with E-state index in [2.05, 4.69) is 15.2 Å². The Morgan fingerprint density at radius 3 is 2.63 bits per heavy atom. The van der Waals surface area contributed by atoms with Gasteiger partial charge in [-0.1, -0.05) is 11.6 Å². The fourth-order valence-corrected chi connectivity index (χ4v) is 2.87. The highest BCUT2D eigenvalue weighted by Gasteiger charge is 2.27. The minimum atomic E-state index is -0.926. The van der Waals surface area contributed by atoms with Gasteiger partial charge in [-0.05, 0) is 32.4 Å². The van der Waals surface area contributed by atoms with Crippen LogP contribution in [0.25, 0.3) is 0 Å². The van der Waals surface area contributed by atoms with Gasteiger partial charge in [-0.3, -0.25) is 0 Å². The van der Waals surface area contributed by atoms with Crippen LogP contribution in [0.3, 0.4) is 0 Å². The summed E-state index contributed by atoms with van der Waals surface area (Å²) < 4.78 is 15.5. The van der Waals surface area contributed by atoms with Crippen LogP contribution in [0.5, 0.6) is 0 Å². The van der Waals surface area contributed by atoms with Crippen molar-refractivity contribution in [1.29, 1.82) is 0 Å². The Balaban J connectivity index is 2.22. The lowest BCUT2D eigenvalue weighted by molar-refractivity contribution is -0.143. The van der Waals surface area contributed by atoms with Gasteiger partial charge in [-0.2, -0.15) is 0 Å². The third kappa shape index (κ3) is 6.55. The van der Waals surface area contributed by atoms with E-state index in [9.17, 15) is 9.59 Å². The van der Waals surface area contributed by atoms with Crippen molar-refractivity contribution in [1.82, 2.24) is 10.3 Å². The van der Waals surface area contributed by atoms with Crippen molar-refractivity contribution in [3.05, 3.63) is 22.8 Å². The van der Waals surface area contributed by atoms with Crippen molar-refractivity contribution in [2.24, 2.45) is 0 Å². The minimum absolute atomic E-state index is 0.173. The second-order valence-electron chi connectivity index (χ2n) is 7.16. The van der Waals surface area contributed by atoms with E-state index < -0.39 is 23.7 Å². The highest BCUT2D eigenvalue weighted by Crippen LogP contribution is 2.24. The number of carbonyl (C=O) groups excluding carboxylic acids is 2. The maximum absolute atomic E-state index is 12.2. The first kappa shape index (κ1) is 21.2. The number of aromatic nitrogens is 1. The largest absolute Gasteiger partial charge is 0.467 e. The van der Waals surface area contributed by atoms with Crippen molar-refractivity contribution in [3.63, 3.8) is 0 Å². The summed E-state index contributed by atoms with van der Waals surface area (Å²) in [6.07, 6.45) is 1.04. The van der Waals surface area contributed by atoms with E-state index in [1.807, 2.05) is 0 Å². The number of ether oxygens (including phenoxy) is 3. The standard InChI is InChI=1S/C18H26ClN3O5/c1-18(2,3)27-17(24)21-14(16(23)25-4)10-12-9-13(19)11-20-15(12)22-5-7-26-8-6-22/h9,11,14H,5-8,10H2,1-4H3,(H,21,24)/t14-/m0/s1. The molecule has 1 fully saturated rings. The number of rotatable bonds is 5. The number of halogens is 1. The molecule has 2 rings (SSSR count). The van der Waals surface area contributed by atoms with Crippen LogP contribution < -0.4 is 10.2 Å². The summed E-state index contributed by atoms with van der Waals surface area (Å²) in [7, 11) is 1.27. The molecule has 9 heteroatoms. The van der Waals surface area contributed by atoms with Crippen LogP contribution in [-0.4, -0.2) is 62.1 Å². The summed E-state index contributed by atoms with van der Waals surface area (Å²) in [6, 6.07) is 0.816. The second kappa shape index (κ2) is 9.23. The third-order valence-electron chi connectivity index (χ3n) is 3.82. The molecule has 8 nitrogen and oxygen atoms in total. The number of methoxy groups -OCH3 is 1. The molecule has 1 aliphatic rings. The van der Waals surface area contributed by atoms with Gasteiger partial charge >= 0.3 is 12.1 Å². The van der Waals surface area contributed by atoms with E-state index in [1.165, 1.54) is 7.11 Å². The second-order valence-corrected chi connectivity index (χ2v) is 7.60. The van der Waals surface area contributed by atoms with Gasteiger partial charge in [0.1, 0.15) is 17.5 Å². The van der Waals surface area contributed by atoms with Crippen molar-refractivity contribution < 1.29 is 23.8 Å². The highest BCUT2D eigenvalue weighted by molar-refractivity contribution is 6.30. The van der Waals surface area contributed by atoms with E-state index in [4.69, 9.17) is 25.8 Å². The molecule has 0 aromatic carbocycles. The molecule has 1 aliphatic heterocycles. The summed E-state index contributed by atoms with van der Waals surface area (Å²) in [4.78, 5) is 30.8. The van der Waals surface area contributed by atoms with Gasteiger partial charge in [0.15, 0.2) is 0 Å². The zero-order valence-corrected chi connectivity index (χ0v) is 16.8. The molecule has 0 spiro atoms. The molecular weight excluding hydrogens is 374 g/mol. The van der Waals surface area contributed by atoms with Crippen LogP contribution in [0, 0.1) is 0 Å². The number of amides is 1. The summed E-state index contributed by atoms with van der Waals surface area (Å²) in [5.74, 6) is 0.136. The Hall–Kier alpha value is -2.06. The molecule has 0 bridgehead atoms. The molecular formula is C18H26ClN3O5. The number of hydrogen-bond acceptors (Lipinski definition) is 7. The maximum atomic E-state index is 12.2. The Morgan fingerprint density at radius 2 is 2.04 bits per heavy atom. The van der Waals surface area contributed by atoms with Gasteiger partial charge in [0.25, 0.3) is 0 Å². The Morgan fingerprint density at radius 1 is 1.37 bits per heavy atom. The predicted octanol–water partition coefficient (Wildman–Crippen LogP) is 2.18. The normalized spacial score (nSPS) is 15.8. The van der Waals surface area contributed by atoms with Crippen molar-refractivity contribution in [3.8, 4) is 0 Å². The van der Waals surface area contributed by atoms with Gasteiger partial charge in [0.05, 0.1) is 25.3 Å². The number of nitrogens with one attached hydrogen (secondary N) is 1. The molecule has 1 amide bonds. The van der Waals surface area contributed by atoms with Crippen LogP contribution in [0.4, 0.5) is 10.6 Å². The number of morpholine rings is 1. The summed E-state index contributed by atoms with van der Waals surface area (Å²) in [5.41, 5.74) is 0.0530. The van der Waals surface area contributed by atoms with E-state index in [1.54, 1.807) is 33.0 Å². The topological polar surface area (TPSA) is 90.0 Å². The van der Waals surface area contributed by atoms with Gasteiger partial charge in [-0.15, -0.1) is 0 Å². The Kier molecular flexibility index (Phi) is 7.26. The van der Waals surface area contributed by atoms with Crippen LogP contribution in [0.2, 0.25) is 5.02 Å². The van der Waals surface area contributed by atoms with Crippen LogP contribution in [-0.2, 0) is 25.4 Å². The molecule has 150 valence electrons. The number of hydrogen-bond donors (Lipinski definition) is 1. The number of carbonyl (C=O) groups is 2. The first-order valence-corrected chi connectivity index (χ1v) is 9.12. The summed E-state index contributed by atoms with van der Waals surface area (Å²) >= 11 is 6.11. The van der Waals surface area contributed by atoms with Gasteiger partial charge < -0.3 is 24.4 Å². The Bertz CT molecular complexity index is 671. The zero-order valence-electron chi connectivity index (χ0n) is 16.1. The average molecular weight is 400 g/mol. The van der Waals surface area contributed by atoms with Gasteiger partial charge in [0, 0.05) is 25.7 Å². The molecule has 1 saturated heterocycles. The van der Waals surface area contributed by atoms with Crippen LogP contribution >= 0.6 is 11.6 Å². The first-order valence-electron chi connectivity index (χ1n) is 8.74.